The number of benzene rings is 1. The number of amides is 1. The van der Waals surface area contributed by atoms with E-state index in [0.717, 1.165) is 5.69 Å². The van der Waals surface area contributed by atoms with Crippen LogP contribution < -0.4 is 16.2 Å². The first-order chi connectivity index (χ1) is 11.7. The van der Waals surface area contributed by atoms with Crippen LogP contribution >= 0.6 is 0 Å². The van der Waals surface area contributed by atoms with E-state index in [1.807, 2.05) is 18.2 Å². The molecule has 1 amide bonds. The van der Waals surface area contributed by atoms with Crippen molar-refractivity contribution in [2.75, 3.05) is 12.4 Å². The Morgan fingerprint density at radius 3 is 2.62 bits per heavy atom. The standard InChI is InChI=1S/C17H18N4O3/c1-24-17(23)11-5-7-12(8-6-11)19-16(22)15-10-14(20-21-15)13-4-2-3-9-18-13/h2-9,14-15,20-21H,10H2,1H3,(H,19,22). The molecule has 2 heterocycles. The number of aromatic nitrogens is 1. The Hall–Kier alpha value is -2.77. The summed E-state index contributed by atoms with van der Waals surface area (Å²) in [4.78, 5) is 28.0. The van der Waals surface area contributed by atoms with Crippen LogP contribution in [-0.4, -0.2) is 30.0 Å². The molecule has 124 valence electrons. The number of nitrogens with one attached hydrogen (secondary N) is 3. The highest BCUT2D eigenvalue weighted by molar-refractivity contribution is 5.96. The van der Waals surface area contributed by atoms with Gasteiger partial charge in [0.15, 0.2) is 0 Å². The van der Waals surface area contributed by atoms with Gasteiger partial charge in [-0.25, -0.2) is 15.6 Å². The molecule has 0 saturated carbocycles. The van der Waals surface area contributed by atoms with Gasteiger partial charge in [-0.3, -0.25) is 9.78 Å². The SMILES string of the molecule is COC(=O)c1ccc(NC(=O)C2CC(c3ccccn3)NN2)cc1. The smallest absolute Gasteiger partial charge is 0.337 e. The van der Waals surface area contributed by atoms with Crippen molar-refractivity contribution in [3.8, 4) is 0 Å². The van der Waals surface area contributed by atoms with Crippen LogP contribution in [0.25, 0.3) is 0 Å². The van der Waals surface area contributed by atoms with Crippen LogP contribution in [0.5, 0.6) is 0 Å². The molecule has 2 atom stereocenters. The Balaban J connectivity index is 1.59. The number of anilines is 1. The van der Waals surface area contributed by atoms with Gasteiger partial charge in [0.1, 0.15) is 6.04 Å². The second-order valence-corrected chi connectivity index (χ2v) is 5.44. The molecule has 1 aliphatic rings. The number of esters is 1. The fourth-order valence-corrected chi connectivity index (χ4v) is 2.54. The molecule has 1 aromatic heterocycles. The quantitative estimate of drug-likeness (QED) is 0.736. The van der Waals surface area contributed by atoms with E-state index in [-0.39, 0.29) is 18.0 Å². The minimum atomic E-state index is -0.410. The average Bonchev–Trinajstić information content (AvgIpc) is 3.13. The van der Waals surface area contributed by atoms with E-state index in [1.165, 1.54) is 7.11 Å². The third kappa shape index (κ3) is 3.58. The Bertz CT molecular complexity index is 718. The summed E-state index contributed by atoms with van der Waals surface area (Å²) in [6.45, 7) is 0. The van der Waals surface area contributed by atoms with Gasteiger partial charge in [0.05, 0.1) is 24.4 Å². The molecule has 1 aliphatic heterocycles. The number of hydrogen-bond donors (Lipinski definition) is 3. The predicted molar refractivity (Wildman–Crippen MR) is 88.1 cm³/mol. The van der Waals surface area contributed by atoms with Crippen LogP contribution in [0.2, 0.25) is 0 Å². The van der Waals surface area contributed by atoms with Gasteiger partial charge in [-0.05, 0) is 42.8 Å². The molecule has 0 radical (unpaired) electrons. The molecule has 1 saturated heterocycles. The molecule has 1 aromatic carbocycles. The summed E-state index contributed by atoms with van der Waals surface area (Å²) in [5.74, 6) is -0.556. The molecule has 0 bridgehead atoms. The summed E-state index contributed by atoms with van der Waals surface area (Å²) in [5.41, 5.74) is 8.02. The first kappa shape index (κ1) is 16.1. The van der Waals surface area contributed by atoms with E-state index in [4.69, 9.17) is 0 Å². The Labute approximate surface area is 139 Å². The molecule has 2 unspecified atom stereocenters. The highest BCUT2D eigenvalue weighted by Gasteiger charge is 2.30. The Morgan fingerprint density at radius 2 is 1.96 bits per heavy atom. The van der Waals surface area contributed by atoms with E-state index in [1.54, 1.807) is 30.5 Å². The van der Waals surface area contributed by atoms with Crippen molar-refractivity contribution in [3.05, 3.63) is 59.9 Å². The molecule has 3 N–H and O–H groups in total. The molecular formula is C17H18N4O3. The Kier molecular flexibility index (Phi) is 4.83. The van der Waals surface area contributed by atoms with Crippen molar-refractivity contribution in [1.82, 2.24) is 15.8 Å². The van der Waals surface area contributed by atoms with E-state index in [2.05, 4.69) is 25.9 Å². The molecule has 0 aliphatic carbocycles. The second-order valence-electron chi connectivity index (χ2n) is 5.44. The zero-order valence-electron chi connectivity index (χ0n) is 13.2. The minimum Gasteiger partial charge on any atom is -0.465 e. The average molecular weight is 326 g/mol. The van der Waals surface area contributed by atoms with Gasteiger partial charge in [-0.1, -0.05) is 6.07 Å². The van der Waals surface area contributed by atoms with Crippen LogP contribution in [-0.2, 0) is 9.53 Å². The van der Waals surface area contributed by atoms with Crippen molar-refractivity contribution in [1.29, 1.82) is 0 Å². The van der Waals surface area contributed by atoms with Crippen LogP contribution in [0.3, 0.4) is 0 Å². The molecule has 2 aromatic rings. The van der Waals surface area contributed by atoms with Gasteiger partial charge in [0, 0.05) is 11.9 Å². The lowest BCUT2D eigenvalue weighted by Crippen LogP contribution is -2.39. The lowest BCUT2D eigenvalue weighted by atomic mass is 10.1. The fourth-order valence-electron chi connectivity index (χ4n) is 2.54. The first-order valence-electron chi connectivity index (χ1n) is 7.58. The molecule has 3 rings (SSSR count). The molecule has 1 fully saturated rings. The summed E-state index contributed by atoms with van der Waals surface area (Å²) in [7, 11) is 1.33. The van der Waals surface area contributed by atoms with Gasteiger partial charge in [0.25, 0.3) is 0 Å². The number of hydrazine groups is 1. The summed E-state index contributed by atoms with van der Waals surface area (Å²) in [5, 5.41) is 2.83. The molecule has 7 heteroatoms. The number of hydrogen-bond acceptors (Lipinski definition) is 6. The minimum absolute atomic E-state index is 0.0105. The predicted octanol–water partition coefficient (Wildman–Crippen LogP) is 1.41. The van der Waals surface area contributed by atoms with Crippen molar-refractivity contribution in [3.63, 3.8) is 0 Å². The largest absolute Gasteiger partial charge is 0.465 e. The number of ether oxygens (including phenoxy) is 1. The van der Waals surface area contributed by atoms with Gasteiger partial charge in [0.2, 0.25) is 5.91 Å². The van der Waals surface area contributed by atoms with Crippen molar-refractivity contribution >= 4 is 17.6 Å². The van der Waals surface area contributed by atoms with E-state index in [9.17, 15) is 9.59 Å². The number of methoxy groups -OCH3 is 1. The lowest BCUT2D eigenvalue weighted by Gasteiger charge is -2.11. The highest BCUT2D eigenvalue weighted by atomic mass is 16.5. The van der Waals surface area contributed by atoms with E-state index >= 15 is 0 Å². The number of pyridine rings is 1. The third-order valence-electron chi connectivity index (χ3n) is 3.84. The number of carbonyl (C=O) groups is 2. The van der Waals surface area contributed by atoms with Crippen LogP contribution in [0.4, 0.5) is 5.69 Å². The van der Waals surface area contributed by atoms with Crippen molar-refractivity contribution in [2.24, 2.45) is 0 Å². The van der Waals surface area contributed by atoms with Gasteiger partial charge in [-0.15, -0.1) is 0 Å². The number of carbonyl (C=O) groups excluding carboxylic acids is 2. The Morgan fingerprint density at radius 1 is 1.17 bits per heavy atom. The fraction of sp³-hybridized carbons (Fsp3) is 0.235. The first-order valence-corrected chi connectivity index (χ1v) is 7.58. The van der Waals surface area contributed by atoms with Gasteiger partial charge in [-0.2, -0.15) is 0 Å². The van der Waals surface area contributed by atoms with Crippen molar-refractivity contribution in [2.45, 2.75) is 18.5 Å². The molecule has 0 spiro atoms. The lowest BCUT2D eigenvalue weighted by molar-refractivity contribution is -0.117. The third-order valence-corrected chi connectivity index (χ3v) is 3.84. The molecule has 7 nitrogen and oxygen atoms in total. The maximum Gasteiger partial charge on any atom is 0.337 e. The van der Waals surface area contributed by atoms with Crippen LogP contribution in [0, 0.1) is 0 Å². The van der Waals surface area contributed by atoms with Crippen LogP contribution in [0.15, 0.2) is 48.7 Å². The van der Waals surface area contributed by atoms with Gasteiger partial charge < -0.3 is 10.1 Å². The number of nitrogens with zero attached hydrogens (tertiary/aromatic N) is 1. The monoisotopic (exact) mass is 326 g/mol. The summed E-state index contributed by atoms with van der Waals surface area (Å²) in [6.07, 6.45) is 2.33. The van der Waals surface area contributed by atoms with Crippen molar-refractivity contribution < 1.29 is 14.3 Å². The second kappa shape index (κ2) is 7.20. The zero-order valence-corrected chi connectivity index (χ0v) is 13.2. The molecular weight excluding hydrogens is 308 g/mol. The zero-order chi connectivity index (χ0) is 16.9. The van der Waals surface area contributed by atoms with E-state index in [0.29, 0.717) is 17.7 Å². The van der Waals surface area contributed by atoms with Crippen LogP contribution in [0.1, 0.15) is 28.5 Å². The maximum absolute atomic E-state index is 12.3. The normalized spacial score (nSPS) is 19.7. The summed E-state index contributed by atoms with van der Waals surface area (Å²) in [6, 6.07) is 11.9. The van der Waals surface area contributed by atoms with E-state index < -0.39 is 5.97 Å². The highest BCUT2D eigenvalue weighted by Crippen LogP contribution is 2.21. The maximum atomic E-state index is 12.3. The number of rotatable bonds is 4. The van der Waals surface area contributed by atoms with Gasteiger partial charge >= 0.3 is 5.97 Å². The molecule has 24 heavy (non-hydrogen) atoms. The summed E-state index contributed by atoms with van der Waals surface area (Å²) < 4.78 is 4.64. The topological polar surface area (TPSA) is 92.3 Å². The summed E-state index contributed by atoms with van der Waals surface area (Å²) >= 11 is 0.